The summed E-state index contributed by atoms with van der Waals surface area (Å²) in [5.74, 6) is 0.220. The molecule has 2 rings (SSSR count). The van der Waals surface area contributed by atoms with E-state index in [4.69, 9.17) is 10.5 Å². The smallest absolute Gasteiger partial charge is 0.265 e. The monoisotopic (exact) mass is 284 g/mol. The van der Waals surface area contributed by atoms with Gasteiger partial charge in [-0.1, -0.05) is 0 Å². The first-order chi connectivity index (χ1) is 8.53. The number of ether oxygens (including phenoxy) is 1. The van der Waals surface area contributed by atoms with Gasteiger partial charge in [-0.05, 0) is 23.6 Å². The normalized spacial score (nSPS) is 11.2. The van der Waals surface area contributed by atoms with Gasteiger partial charge >= 0.3 is 0 Å². The Morgan fingerprint density at radius 2 is 2.11 bits per heavy atom. The molecule has 0 saturated carbocycles. The Morgan fingerprint density at radius 1 is 1.33 bits per heavy atom. The standard InChI is InChI=1S/C11H12N2O3S2/c1-16-10-6-8(12)2-3-11(10)18(14,15)13-9-4-5-17-7-9/h2-7,13H,12H2,1H3. The van der Waals surface area contributed by atoms with Crippen LogP contribution >= 0.6 is 11.3 Å². The maximum absolute atomic E-state index is 12.2. The van der Waals surface area contributed by atoms with Gasteiger partial charge in [-0.15, -0.1) is 0 Å². The molecule has 0 radical (unpaired) electrons. The van der Waals surface area contributed by atoms with Crippen molar-refractivity contribution in [1.29, 1.82) is 0 Å². The molecule has 0 unspecified atom stereocenters. The lowest BCUT2D eigenvalue weighted by Gasteiger charge is -2.11. The first-order valence-electron chi connectivity index (χ1n) is 5.01. The van der Waals surface area contributed by atoms with E-state index in [-0.39, 0.29) is 10.6 Å². The minimum Gasteiger partial charge on any atom is -0.495 e. The molecule has 0 saturated heterocycles. The van der Waals surface area contributed by atoms with Crippen molar-refractivity contribution in [1.82, 2.24) is 0 Å². The van der Waals surface area contributed by atoms with Crippen molar-refractivity contribution >= 4 is 32.7 Å². The third-order valence-corrected chi connectivity index (χ3v) is 4.35. The number of nitrogens with two attached hydrogens (primary N) is 1. The van der Waals surface area contributed by atoms with Gasteiger partial charge in [0, 0.05) is 17.1 Å². The quantitative estimate of drug-likeness (QED) is 0.843. The van der Waals surface area contributed by atoms with Gasteiger partial charge in [-0.3, -0.25) is 4.72 Å². The Balaban J connectivity index is 2.41. The van der Waals surface area contributed by atoms with Gasteiger partial charge in [-0.25, -0.2) is 8.42 Å². The summed E-state index contributed by atoms with van der Waals surface area (Å²) in [6.45, 7) is 0. The topological polar surface area (TPSA) is 81.4 Å². The van der Waals surface area contributed by atoms with Crippen molar-refractivity contribution in [3.05, 3.63) is 35.0 Å². The zero-order valence-electron chi connectivity index (χ0n) is 9.58. The Kier molecular flexibility index (Phi) is 3.44. The highest BCUT2D eigenvalue weighted by molar-refractivity contribution is 7.92. The van der Waals surface area contributed by atoms with Crippen LogP contribution in [-0.4, -0.2) is 15.5 Å². The number of hydrogen-bond acceptors (Lipinski definition) is 5. The van der Waals surface area contributed by atoms with E-state index in [1.807, 2.05) is 0 Å². The zero-order chi connectivity index (χ0) is 13.2. The van der Waals surface area contributed by atoms with Crippen LogP contribution < -0.4 is 15.2 Å². The molecule has 0 fully saturated rings. The second kappa shape index (κ2) is 4.87. The van der Waals surface area contributed by atoms with Crippen molar-refractivity contribution in [3.63, 3.8) is 0 Å². The summed E-state index contributed by atoms with van der Waals surface area (Å²) in [6.07, 6.45) is 0. The lowest BCUT2D eigenvalue weighted by atomic mass is 10.3. The fourth-order valence-corrected chi connectivity index (χ4v) is 3.30. The number of benzene rings is 1. The minimum atomic E-state index is -3.67. The predicted octanol–water partition coefficient (Wildman–Crippen LogP) is 2.14. The molecule has 2 aromatic rings. The molecule has 0 amide bonds. The van der Waals surface area contributed by atoms with Crippen LogP contribution in [0.4, 0.5) is 11.4 Å². The van der Waals surface area contributed by atoms with E-state index in [0.717, 1.165) is 0 Å². The van der Waals surface area contributed by atoms with Crippen LogP contribution in [0.15, 0.2) is 39.9 Å². The number of sulfonamides is 1. The number of thiophene rings is 1. The summed E-state index contributed by atoms with van der Waals surface area (Å²) >= 11 is 1.41. The summed E-state index contributed by atoms with van der Waals surface area (Å²) in [7, 11) is -2.27. The average Bonchev–Trinajstić information content (AvgIpc) is 2.80. The van der Waals surface area contributed by atoms with Crippen LogP contribution in [0.2, 0.25) is 0 Å². The molecule has 96 valence electrons. The second-order valence-electron chi connectivity index (χ2n) is 3.53. The number of nitrogens with one attached hydrogen (secondary N) is 1. The molecule has 1 aromatic heterocycles. The van der Waals surface area contributed by atoms with Crippen LogP contribution in [0.3, 0.4) is 0 Å². The molecular formula is C11H12N2O3S2. The summed E-state index contributed by atoms with van der Waals surface area (Å²) in [5, 5.41) is 3.50. The average molecular weight is 284 g/mol. The largest absolute Gasteiger partial charge is 0.495 e. The summed E-state index contributed by atoms with van der Waals surface area (Å²) in [4.78, 5) is 0.0606. The van der Waals surface area contributed by atoms with E-state index < -0.39 is 10.0 Å². The molecule has 0 bridgehead atoms. The second-order valence-corrected chi connectivity index (χ2v) is 5.96. The summed E-state index contributed by atoms with van der Waals surface area (Å²) in [6, 6.07) is 6.10. The minimum absolute atomic E-state index is 0.0606. The van der Waals surface area contributed by atoms with Gasteiger partial charge in [-0.2, -0.15) is 11.3 Å². The van der Waals surface area contributed by atoms with Crippen LogP contribution in [0, 0.1) is 0 Å². The van der Waals surface area contributed by atoms with E-state index in [0.29, 0.717) is 11.4 Å². The maximum Gasteiger partial charge on any atom is 0.265 e. The molecule has 5 nitrogen and oxygen atoms in total. The molecule has 3 N–H and O–H groups in total. The number of methoxy groups -OCH3 is 1. The van der Waals surface area contributed by atoms with Crippen molar-refractivity contribution in [2.24, 2.45) is 0 Å². The Labute approximate surface area is 109 Å². The molecule has 7 heteroatoms. The van der Waals surface area contributed by atoms with E-state index in [9.17, 15) is 8.42 Å². The Bertz CT molecular complexity index is 636. The van der Waals surface area contributed by atoms with Crippen LogP contribution in [-0.2, 0) is 10.0 Å². The number of hydrogen-bond donors (Lipinski definition) is 2. The lowest BCUT2D eigenvalue weighted by Crippen LogP contribution is -2.13. The van der Waals surface area contributed by atoms with Gasteiger partial charge in [0.2, 0.25) is 0 Å². The first-order valence-corrected chi connectivity index (χ1v) is 7.44. The SMILES string of the molecule is COc1cc(N)ccc1S(=O)(=O)Nc1ccsc1. The fourth-order valence-electron chi connectivity index (χ4n) is 1.44. The summed E-state index contributed by atoms with van der Waals surface area (Å²) in [5.41, 5.74) is 6.56. The molecule has 0 aliphatic rings. The zero-order valence-corrected chi connectivity index (χ0v) is 11.2. The lowest BCUT2D eigenvalue weighted by molar-refractivity contribution is 0.403. The van der Waals surface area contributed by atoms with E-state index >= 15 is 0 Å². The predicted molar refractivity (Wildman–Crippen MR) is 72.5 cm³/mol. The van der Waals surface area contributed by atoms with Gasteiger partial charge in [0.25, 0.3) is 10.0 Å². The van der Waals surface area contributed by atoms with Gasteiger partial charge in [0.15, 0.2) is 0 Å². The van der Waals surface area contributed by atoms with Crippen molar-refractivity contribution in [3.8, 4) is 5.75 Å². The maximum atomic E-state index is 12.2. The summed E-state index contributed by atoms with van der Waals surface area (Å²) < 4.78 is 31.8. The van der Waals surface area contributed by atoms with Gasteiger partial charge in [0.05, 0.1) is 12.8 Å². The first kappa shape index (κ1) is 12.7. The highest BCUT2D eigenvalue weighted by atomic mass is 32.2. The molecule has 1 aromatic carbocycles. The highest BCUT2D eigenvalue weighted by Gasteiger charge is 2.19. The van der Waals surface area contributed by atoms with Crippen LogP contribution in [0.5, 0.6) is 5.75 Å². The Morgan fingerprint density at radius 3 is 2.72 bits per heavy atom. The number of rotatable bonds is 4. The van der Waals surface area contributed by atoms with Gasteiger partial charge < -0.3 is 10.5 Å². The third-order valence-electron chi connectivity index (χ3n) is 2.25. The van der Waals surface area contributed by atoms with Crippen LogP contribution in [0.1, 0.15) is 0 Å². The van der Waals surface area contributed by atoms with E-state index in [1.165, 1.54) is 36.6 Å². The fraction of sp³-hybridized carbons (Fsp3) is 0.0909. The number of nitrogen functional groups attached to an aromatic ring is 1. The Hall–Kier alpha value is -1.73. The highest BCUT2D eigenvalue weighted by Crippen LogP contribution is 2.28. The van der Waals surface area contributed by atoms with E-state index in [2.05, 4.69) is 4.72 Å². The van der Waals surface area contributed by atoms with Crippen molar-refractivity contribution in [2.75, 3.05) is 17.6 Å². The molecule has 0 aliphatic carbocycles. The molecule has 0 atom stereocenters. The van der Waals surface area contributed by atoms with Crippen molar-refractivity contribution in [2.45, 2.75) is 4.90 Å². The number of anilines is 2. The van der Waals surface area contributed by atoms with Gasteiger partial charge in [0.1, 0.15) is 10.6 Å². The molecule has 1 heterocycles. The molecular weight excluding hydrogens is 272 g/mol. The molecule has 18 heavy (non-hydrogen) atoms. The molecule has 0 spiro atoms. The third kappa shape index (κ3) is 2.57. The van der Waals surface area contributed by atoms with Crippen molar-refractivity contribution < 1.29 is 13.2 Å². The molecule has 0 aliphatic heterocycles. The van der Waals surface area contributed by atoms with E-state index in [1.54, 1.807) is 16.8 Å². The van der Waals surface area contributed by atoms with Crippen LogP contribution in [0.25, 0.3) is 0 Å².